The maximum Gasteiger partial charge on any atom is 0.252 e. The molecule has 4 heterocycles. The Morgan fingerprint density at radius 1 is 0.381 bits per heavy atom. The zero-order valence-corrected chi connectivity index (χ0v) is 38.0. The molecule has 302 valence electrons. The molecule has 11 aromatic rings. The van der Waals surface area contributed by atoms with E-state index in [2.05, 4.69) is 215 Å². The van der Waals surface area contributed by atoms with Crippen molar-refractivity contribution in [3.05, 3.63) is 175 Å². The first-order valence-corrected chi connectivity index (χ1v) is 23.8. The molecule has 0 bridgehead atoms. The van der Waals surface area contributed by atoms with Crippen LogP contribution >= 0.6 is 22.7 Å². The van der Waals surface area contributed by atoms with Crippen molar-refractivity contribution >= 4 is 142 Å². The van der Waals surface area contributed by atoms with E-state index in [0.29, 0.717) is 0 Å². The molecule has 0 spiro atoms. The maximum atomic E-state index is 2.69. The summed E-state index contributed by atoms with van der Waals surface area (Å²) in [4.78, 5) is 5.37. The van der Waals surface area contributed by atoms with Crippen molar-refractivity contribution in [1.82, 2.24) is 0 Å². The van der Waals surface area contributed by atoms with E-state index < -0.39 is 0 Å². The van der Waals surface area contributed by atoms with Crippen molar-refractivity contribution in [1.29, 1.82) is 0 Å². The van der Waals surface area contributed by atoms with Gasteiger partial charge in [-0.1, -0.05) is 145 Å². The molecule has 0 radical (unpaired) electrons. The molecule has 0 fully saturated rings. The summed E-state index contributed by atoms with van der Waals surface area (Å²) in [6.07, 6.45) is 0. The Morgan fingerprint density at radius 2 is 0.778 bits per heavy atom. The number of benzene rings is 9. The predicted octanol–water partition coefficient (Wildman–Crippen LogP) is 15.4. The molecule has 2 aliphatic heterocycles. The van der Waals surface area contributed by atoms with Gasteiger partial charge in [0.1, 0.15) is 0 Å². The molecule has 0 saturated carbocycles. The number of nitrogens with zero attached hydrogens (tertiary/aromatic N) is 2. The van der Waals surface area contributed by atoms with E-state index in [0.717, 1.165) is 0 Å². The molecule has 2 aromatic heterocycles. The fourth-order valence-corrected chi connectivity index (χ4v) is 13.3. The molecule has 0 atom stereocenters. The third-order valence-corrected chi connectivity index (χ3v) is 16.1. The monoisotopic (exact) mass is 844 g/mol. The lowest BCUT2D eigenvalue weighted by atomic mass is 9.33. The number of thiophene rings is 2. The first-order chi connectivity index (χ1) is 30.5. The Bertz CT molecular complexity index is 3510. The summed E-state index contributed by atoms with van der Waals surface area (Å²) in [7, 11) is 0. The van der Waals surface area contributed by atoms with E-state index in [4.69, 9.17) is 0 Å². The minimum absolute atomic E-state index is 0.00286. The maximum absolute atomic E-state index is 2.69. The van der Waals surface area contributed by atoms with Crippen LogP contribution in [0, 0.1) is 0 Å². The second-order valence-corrected chi connectivity index (χ2v) is 21.9. The molecule has 63 heavy (non-hydrogen) atoms. The van der Waals surface area contributed by atoms with Crippen molar-refractivity contribution in [2.24, 2.45) is 0 Å². The van der Waals surface area contributed by atoms with Crippen LogP contribution in [0.4, 0.5) is 34.1 Å². The highest BCUT2D eigenvalue weighted by Gasteiger charge is 2.46. The number of hydrogen-bond acceptors (Lipinski definition) is 4. The Balaban J connectivity index is 1.23. The van der Waals surface area contributed by atoms with Crippen molar-refractivity contribution in [3.8, 4) is 0 Å². The fourth-order valence-electron chi connectivity index (χ4n) is 11.1. The van der Waals surface area contributed by atoms with Crippen LogP contribution in [0.5, 0.6) is 0 Å². The van der Waals surface area contributed by atoms with Crippen LogP contribution in [0.3, 0.4) is 0 Å². The van der Waals surface area contributed by atoms with Gasteiger partial charge in [0.2, 0.25) is 0 Å². The van der Waals surface area contributed by atoms with Gasteiger partial charge < -0.3 is 9.80 Å². The van der Waals surface area contributed by atoms with Gasteiger partial charge in [-0.15, -0.1) is 22.7 Å². The fraction of sp³-hybridized carbons (Fsp3) is 0.138. The summed E-state index contributed by atoms with van der Waals surface area (Å²) in [6.45, 7) is 14.2. The predicted molar refractivity (Wildman–Crippen MR) is 279 cm³/mol. The average molecular weight is 845 g/mol. The third kappa shape index (κ3) is 5.30. The number of fused-ring (bicyclic) bond motifs is 14. The van der Waals surface area contributed by atoms with Crippen LogP contribution in [-0.4, -0.2) is 6.71 Å². The quantitative estimate of drug-likeness (QED) is 0.160. The van der Waals surface area contributed by atoms with Gasteiger partial charge in [-0.25, -0.2) is 0 Å². The Hall–Kier alpha value is -6.40. The normalized spacial score (nSPS) is 13.8. The molecule has 0 N–H and O–H groups in total. The lowest BCUT2D eigenvalue weighted by molar-refractivity contribution is 0.591. The SMILES string of the molecule is CC(C)(C)c1cc2ccccc2cc1N1c2cccc3c2B(c2ccc4sc5ccccc5c4c21)c1ccc2sc4ccccc4c2c1N3c1cc2ccccc2cc1C(C)(C)C. The van der Waals surface area contributed by atoms with Gasteiger partial charge in [-0.2, -0.15) is 0 Å². The second kappa shape index (κ2) is 13.1. The zero-order chi connectivity index (χ0) is 42.5. The Morgan fingerprint density at radius 3 is 1.21 bits per heavy atom. The molecule has 0 aliphatic carbocycles. The van der Waals surface area contributed by atoms with Gasteiger partial charge in [-0.05, 0) is 121 Å². The van der Waals surface area contributed by atoms with E-state index in [1.54, 1.807) is 0 Å². The molecule has 0 amide bonds. The first-order valence-electron chi connectivity index (χ1n) is 22.2. The highest BCUT2D eigenvalue weighted by molar-refractivity contribution is 7.26. The summed E-state index contributed by atoms with van der Waals surface area (Å²) >= 11 is 3.82. The average Bonchev–Trinajstić information content (AvgIpc) is 3.86. The van der Waals surface area contributed by atoms with Gasteiger partial charge in [0.15, 0.2) is 0 Å². The molecular formula is C58H45BN2S2. The van der Waals surface area contributed by atoms with Crippen LogP contribution in [0.2, 0.25) is 0 Å². The van der Waals surface area contributed by atoms with Gasteiger partial charge in [0.25, 0.3) is 6.71 Å². The molecular weight excluding hydrogens is 800 g/mol. The third-order valence-electron chi connectivity index (χ3n) is 13.8. The van der Waals surface area contributed by atoms with E-state index in [-0.39, 0.29) is 17.5 Å². The molecule has 2 nitrogen and oxygen atoms in total. The van der Waals surface area contributed by atoms with Crippen LogP contribution in [-0.2, 0) is 10.8 Å². The number of anilines is 6. The van der Waals surface area contributed by atoms with Gasteiger partial charge in [-0.3, -0.25) is 0 Å². The van der Waals surface area contributed by atoms with Gasteiger partial charge >= 0.3 is 0 Å². The summed E-state index contributed by atoms with van der Waals surface area (Å²) in [5.74, 6) is 0. The van der Waals surface area contributed by atoms with Crippen molar-refractivity contribution in [2.75, 3.05) is 9.80 Å². The van der Waals surface area contributed by atoms with E-state index in [1.807, 2.05) is 22.7 Å². The van der Waals surface area contributed by atoms with Crippen LogP contribution in [0.1, 0.15) is 52.7 Å². The lowest BCUT2D eigenvalue weighted by Crippen LogP contribution is -2.61. The topological polar surface area (TPSA) is 6.48 Å². The smallest absolute Gasteiger partial charge is 0.252 e. The number of hydrogen-bond donors (Lipinski definition) is 0. The van der Waals surface area contributed by atoms with E-state index in [9.17, 15) is 0 Å². The molecule has 13 rings (SSSR count). The highest BCUT2D eigenvalue weighted by atomic mass is 32.1. The summed E-state index contributed by atoms with van der Waals surface area (Å²) in [5.41, 5.74) is 14.1. The van der Waals surface area contributed by atoms with E-state index >= 15 is 0 Å². The zero-order valence-electron chi connectivity index (χ0n) is 36.4. The summed E-state index contributed by atoms with van der Waals surface area (Å²) in [6, 6.07) is 62.7. The molecule has 0 unspecified atom stereocenters. The lowest BCUT2D eigenvalue weighted by Gasteiger charge is -2.46. The first kappa shape index (κ1) is 37.2. The van der Waals surface area contributed by atoms with E-state index in [1.165, 1.54) is 124 Å². The molecule has 0 saturated heterocycles. The standard InChI is InChI=1S/C58H45BN2S2/c1-57(2,3)40-30-34-16-7-9-18-36(34)32-46(40)60-44-22-15-23-45-54(44)59(42-26-28-50-52(55(42)60)38-20-11-13-24-48(38)62-50)43-27-29-51-53(39-21-12-14-25-49(39)63-51)56(43)61(45)47-33-37-19-10-8-17-35(37)31-41(47)58(4,5)6/h7-33H,1-6H3. The van der Waals surface area contributed by atoms with Crippen LogP contribution in [0.25, 0.3) is 61.9 Å². The Kier molecular flexibility index (Phi) is 7.72. The van der Waals surface area contributed by atoms with Crippen LogP contribution < -0.4 is 26.2 Å². The minimum atomic E-state index is -0.132. The van der Waals surface area contributed by atoms with Gasteiger partial charge in [0.05, 0.1) is 22.7 Å². The van der Waals surface area contributed by atoms with Crippen LogP contribution in [0.15, 0.2) is 164 Å². The van der Waals surface area contributed by atoms with Crippen molar-refractivity contribution < 1.29 is 0 Å². The molecule has 5 heteroatoms. The van der Waals surface area contributed by atoms with Gasteiger partial charge in [0, 0.05) is 51.7 Å². The largest absolute Gasteiger partial charge is 0.310 e. The molecule has 9 aromatic carbocycles. The second-order valence-electron chi connectivity index (χ2n) is 19.7. The summed E-state index contributed by atoms with van der Waals surface area (Å²) in [5, 5.41) is 10.4. The van der Waals surface area contributed by atoms with Crippen molar-refractivity contribution in [3.63, 3.8) is 0 Å². The Labute approximate surface area is 376 Å². The summed E-state index contributed by atoms with van der Waals surface area (Å²) < 4.78 is 5.28. The molecule has 2 aliphatic rings. The highest BCUT2D eigenvalue weighted by Crippen LogP contribution is 2.54. The van der Waals surface area contributed by atoms with Crippen molar-refractivity contribution in [2.45, 2.75) is 52.4 Å². The minimum Gasteiger partial charge on any atom is -0.310 e. The number of rotatable bonds is 2.